The Kier molecular flexibility index (Phi) is 4.92. The molecule has 7 heteroatoms. The van der Waals surface area contributed by atoms with Crippen LogP contribution in [0.3, 0.4) is 0 Å². The van der Waals surface area contributed by atoms with Gasteiger partial charge in [0.2, 0.25) is 5.88 Å². The lowest BCUT2D eigenvalue weighted by Gasteiger charge is -2.14. The van der Waals surface area contributed by atoms with Crippen molar-refractivity contribution in [1.29, 1.82) is 0 Å². The van der Waals surface area contributed by atoms with Crippen LogP contribution in [-0.4, -0.2) is 37.6 Å². The lowest BCUT2D eigenvalue weighted by molar-refractivity contribution is 0.263. The molecule has 1 aromatic heterocycles. The summed E-state index contributed by atoms with van der Waals surface area (Å²) in [6, 6.07) is 3.45. The predicted octanol–water partition coefficient (Wildman–Crippen LogP) is 1.69. The standard InChI is InChI=1S/C14H23N3O3S/c1-10(2)9-20-14-12(15)5-6-13(17-14)16-8-11-4-3-7-21(11,18)19/h5-6,10-11H,3-4,7-9,15H2,1-2H3,(H,16,17). The van der Waals surface area contributed by atoms with Crippen LogP contribution in [0.5, 0.6) is 5.88 Å². The Morgan fingerprint density at radius 2 is 2.24 bits per heavy atom. The van der Waals surface area contributed by atoms with E-state index in [1.54, 1.807) is 12.1 Å². The minimum Gasteiger partial charge on any atom is -0.476 e. The van der Waals surface area contributed by atoms with Gasteiger partial charge in [0.05, 0.1) is 23.3 Å². The lowest BCUT2D eigenvalue weighted by Crippen LogP contribution is -2.25. The van der Waals surface area contributed by atoms with Crippen LogP contribution >= 0.6 is 0 Å². The molecule has 3 N–H and O–H groups in total. The number of nitrogens with zero attached hydrogens (tertiary/aromatic N) is 1. The summed E-state index contributed by atoms with van der Waals surface area (Å²) >= 11 is 0. The van der Waals surface area contributed by atoms with Gasteiger partial charge in [0.25, 0.3) is 0 Å². The van der Waals surface area contributed by atoms with E-state index in [1.807, 2.05) is 13.8 Å². The van der Waals surface area contributed by atoms with Crippen molar-refractivity contribution >= 4 is 21.3 Å². The van der Waals surface area contributed by atoms with Crippen molar-refractivity contribution in [3.05, 3.63) is 12.1 Å². The number of nitrogens with one attached hydrogen (secondary N) is 1. The van der Waals surface area contributed by atoms with E-state index in [0.717, 1.165) is 6.42 Å². The van der Waals surface area contributed by atoms with Gasteiger partial charge in [0, 0.05) is 6.54 Å². The smallest absolute Gasteiger partial charge is 0.239 e. The Bertz CT molecular complexity index is 587. The van der Waals surface area contributed by atoms with Gasteiger partial charge in [-0.25, -0.2) is 8.42 Å². The first-order valence-electron chi connectivity index (χ1n) is 7.23. The largest absolute Gasteiger partial charge is 0.476 e. The molecule has 2 heterocycles. The van der Waals surface area contributed by atoms with Gasteiger partial charge in [0.1, 0.15) is 5.82 Å². The predicted molar refractivity (Wildman–Crippen MR) is 84.3 cm³/mol. The molecule has 118 valence electrons. The zero-order chi connectivity index (χ0) is 15.5. The first kappa shape index (κ1) is 15.9. The molecule has 1 aliphatic rings. The fourth-order valence-electron chi connectivity index (χ4n) is 2.22. The highest BCUT2D eigenvalue weighted by atomic mass is 32.2. The summed E-state index contributed by atoms with van der Waals surface area (Å²) in [6.07, 6.45) is 1.45. The van der Waals surface area contributed by atoms with Crippen molar-refractivity contribution in [2.24, 2.45) is 5.92 Å². The molecular formula is C14H23N3O3S. The van der Waals surface area contributed by atoms with Gasteiger partial charge in [-0.15, -0.1) is 0 Å². The first-order chi connectivity index (χ1) is 9.88. The van der Waals surface area contributed by atoms with Crippen molar-refractivity contribution in [3.8, 4) is 5.88 Å². The van der Waals surface area contributed by atoms with Gasteiger partial charge in [-0.1, -0.05) is 13.8 Å². The van der Waals surface area contributed by atoms with E-state index in [0.29, 0.717) is 42.9 Å². The second-order valence-corrected chi connectivity index (χ2v) is 8.21. The highest BCUT2D eigenvalue weighted by Crippen LogP contribution is 2.23. The molecule has 1 aromatic rings. The molecule has 0 spiro atoms. The number of nitrogens with two attached hydrogens (primary N) is 1. The Morgan fingerprint density at radius 1 is 1.48 bits per heavy atom. The summed E-state index contributed by atoms with van der Waals surface area (Å²) in [5, 5.41) is 2.75. The minimum atomic E-state index is -2.94. The second kappa shape index (κ2) is 6.51. The number of aromatic nitrogens is 1. The molecule has 1 saturated heterocycles. The van der Waals surface area contributed by atoms with Gasteiger partial charge in [-0.2, -0.15) is 4.98 Å². The molecule has 21 heavy (non-hydrogen) atoms. The maximum Gasteiger partial charge on any atom is 0.239 e. The molecule has 1 aliphatic heterocycles. The molecule has 0 radical (unpaired) electrons. The van der Waals surface area contributed by atoms with E-state index in [2.05, 4.69) is 10.3 Å². The minimum absolute atomic E-state index is 0.289. The average Bonchev–Trinajstić information content (AvgIpc) is 2.75. The molecule has 0 saturated carbocycles. The molecule has 0 aliphatic carbocycles. The SMILES string of the molecule is CC(C)COc1nc(NCC2CCCS2(=O)=O)ccc1N. The van der Waals surface area contributed by atoms with Gasteiger partial charge >= 0.3 is 0 Å². The van der Waals surface area contributed by atoms with Crippen molar-refractivity contribution in [2.75, 3.05) is 30.0 Å². The number of rotatable bonds is 6. The zero-order valence-electron chi connectivity index (χ0n) is 12.5. The van der Waals surface area contributed by atoms with Crippen molar-refractivity contribution < 1.29 is 13.2 Å². The maximum absolute atomic E-state index is 11.8. The molecule has 1 fully saturated rings. The third-order valence-corrected chi connectivity index (χ3v) is 5.69. The maximum atomic E-state index is 11.8. The highest BCUT2D eigenvalue weighted by Gasteiger charge is 2.30. The van der Waals surface area contributed by atoms with Gasteiger partial charge in [-0.05, 0) is 30.9 Å². The number of pyridine rings is 1. The number of hydrogen-bond acceptors (Lipinski definition) is 6. The third kappa shape index (κ3) is 4.23. The summed E-state index contributed by atoms with van der Waals surface area (Å²) in [4.78, 5) is 4.30. The van der Waals surface area contributed by atoms with Crippen LogP contribution in [0, 0.1) is 5.92 Å². The summed E-state index contributed by atoms with van der Waals surface area (Å²) < 4.78 is 29.1. The molecule has 2 rings (SSSR count). The van der Waals surface area contributed by atoms with E-state index < -0.39 is 9.84 Å². The van der Waals surface area contributed by atoms with Gasteiger partial charge in [0.15, 0.2) is 9.84 Å². The Balaban J connectivity index is 1.99. The Hall–Kier alpha value is -1.50. The van der Waals surface area contributed by atoms with E-state index >= 15 is 0 Å². The number of sulfone groups is 1. The molecule has 6 nitrogen and oxygen atoms in total. The van der Waals surface area contributed by atoms with Crippen molar-refractivity contribution in [2.45, 2.75) is 31.9 Å². The third-order valence-electron chi connectivity index (χ3n) is 3.42. The van der Waals surface area contributed by atoms with Crippen LogP contribution in [0.2, 0.25) is 0 Å². The fourth-order valence-corrected chi connectivity index (χ4v) is 3.98. The second-order valence-electron chi connectivity index (χ2n) is 5.81. The van der Waals surface area contributed by atoms with Gasteiger partial charge < -0.3 is 15.8 Å². The van der Waals surface area contributed by atoms with Gasteiger partial charge in [-0.3, -0.25) is 0 Å². The van der Waals surface area contributed by atoms with Crippen LogP contribution < -0.4 is 15.8 Å². The van der Waals surface area contributed by atoms with Crippen LogP contribution in [0.25, 0.3) is 0 Å². The number of hydrogen-bond donors (Lipinski definition) is 2. The molecular weight excluding hydrogens is 290 g/mol. The zero-order valence-corrected chi connectivity index (χ0v) is 13.3. The number of anilines is 2. The van der Waals surface area contributed by atoms with E-state index in [-0.39, 0.29) is 11.0 Å². The Morgan fingerprint density at radius 3 is 2.86 bits per heavy atom. The average molecular weight is 313 g/mol. The molecule has 0 amide bonds. The van der Waals surface area contributed by atoms with Crippen LogP contribution in [0.4, 0.5) is 11.5 Å². The van der Waals surface area contributed by atoms with E-state index in [4.69, 9.17) is 10.5 Å². The summed E-state index contributed by atoms with van der Waals surface area (Å²) in [6.45, 7) is 5.01. The number of nitrogen functional groups attached to an aromatic ring is 1. The highest BCUT2D eigenvalue weighted by molar-refractivity contribution is 7.92. The van der Waals surface area contributed by atoms with Crippen LogP contribution in [0.1, 0.15) is 26.7 Å². The first-order valence-corrected chi connectivity index (χ1v) is 8.95. The molecule has 1 unspecified atom stereocenters. The Labute approximate surface area is 126 Å². The fraction of sp³-hybridized carbons (Fsp3) is 0.643. The summed E-state index contributed by atoms with van der Waals surface area (Å²) in [7, 11) is -2.94. The summed E-state index contributed by atoms with van der Waals surface area (Å²) in [5.74, 6) is 1.65. The van der Waals surface area contributed by atoms with Crippen molar-refractivity contribution in [1.82, 2.24) is 4.98 Å². The lowest BCUT2D eigenvalue weighted by atomic mass is 10.2. The molecule has 0 aromatic carbocycles. The quantitative estimate of drug-likeness (QED) is 0.830. The summed E-state index contributed by atoms with van der Waals surface area (Å²) in [5.41, 5.74) is 6.31. The van der Waals surface area contributed by atoms with Crippen LogP contribution in [-0.2, 0) is 9.84 Å². The topological polar surface area (TPSA) is 94.3 Å². The van der Waals surface area contributed by atoms with E-state index in [1.165, 1.54) is 0 Å². The number of ether oxygens (including phenoxy) is 1. The van der Waals surface area contributed by atoms with E-state index in [9.17, 15) is 8.42 Å². The normalized spacial score (nSPS) is 20.6. The molecule has 1 atom stereocenters. The monoisotopic (exact) mass is 313 g/mol. The molecule has 0 bridgehead atoms. The van der Waals surface area contributed by atoms with Crippen molar-refractivity contribution in [3.63, 3.8) is 0 Å². The van der Waals surface area contributed by atoms with Crippen LogP contribution in [0.15, 0.2) is 12.1 Å².